The SMILES string of the molecule is Cc1nc(CNCCc2ncn(C)n2)sc1C. The van der Waals surface area contributed by atoms with E-state index < -0.39 is 0 Å². The first-order chi connectivity index (χ1) is 8.15. The van der Waals surface area contributed by atoms with Crippen molar-refractivity contribution in [2.75, 3.05) is 6.54 Å². The average molecular weight is 251 g/mol. The molecule has 0 aliphatic carbocycles. The number of nitrogens with one attached hydrogen (secondary N) is 1. The molecule has 0 saturated heterocycles. The molecule has 2 aromatic heterocycles. The zero-order valence-corrected chi connectivity index (χ0v) is 11.2. The summed E-state index contributed by atoms with van der Waals surface area (Å²) in [5.41, 5.74) is 1.14. The van der Waals surface area contributed by atoms with Crippen molar-refractivity contribution in [1.29, 1.82) is 0 Å². The highest BCUT2D eigenvalue weighted by Crippen LogP contribution is 2.15. The molecule has 2 aromatic rings. The second-order valence-corrected chi connectivity index (χ2v) is 5.30. The number of hydrogen-bond acceptors (Lipinski definition) is 5. The van der Waals surface area contributed by atoms with Gasteiger partial charge < -0.3 is 5.32 Å². The van der Waals surface area contributed by atoms with E-state index in [2.05, 4.69) is 27.3 Å². The summed E-state index contributed by atoms with van der Waals surface area (Å²) in [5.74, 6) is 0.881. The van der Waals surface area contributed by atoms with Gasteiger partial charge in [0.2, 0.25) is 0 Å². The van der Waals surface area contributed by atoms with Crippen LogP contribution < -0.4 is 5.32 Å². The van der Waals surface area contributed by atoms with Crippen molar-refractivity contribution in [2.45, 2.75) is 26.8 Å². The van der Waals surface area contributed by atoms with Crippen LogP contribution >= 0.6 is 11.3 Å². The number of aromatic nitrogens is 4. The number of nitrogens with zero attached hydrogens (tertiary/aromatic N) is 4. The fourth-order valence-electron chi connectivity index (χ4n) is 1.51. The lowest BCUT2D eigenvalue weighted by Crippen LogP contribution is -2.17. The summed E-state index contributed by atoms with van der Waals surface area (Å²) in [6.07, 6.45) is 2.58. The molecule has 0 aromatic carbocycles. The van der Waals surface area contributed by atoms with Crippen LogP contribution in [-0.2, 0) is 20.0 Å². The molecule has 0 amide bonds. The molecule has 2 heterocycles. The van der Waals surface area contributed by atoms with Gasteiger partial charge in [-0.1, -0.05) is 0 Å². The molecule has 0 radical (unpaired) electrons. The van der Waals surface area contributed by atoms with Crippen molar-refractivity contribution in [3.8, 4) is 0 Å². The topological polar surface area (TPSA) is 55.6 Å². The maximum atomic E-state index is 4.48. The first kappa shape index (κ1) is 12.2. The van der Waals surface area contributed by atoms with Crippen LogP contribution in [0.15, 0.2) is 6.33 Å². The summed E-state index contributed by atoms with van der Waals surface area (Å²) >= 11 is 1.76. The van der Waals surface area contributed by atoms with Gasteiger partial charge in [0.15, 0.2) is 5.82 Å². The highest BCUT2D eigenvalue weighted by molar-refractivity contribution is 7.11. The molecule has 0 bridgehead atoms. The Hall–Kier alpha value is -1.27. The van der Waals surface area contributed by atoms with Gasteiger partial charge in [0.25, 0.3) is 0 Å². The molecule has 0 spiro atoms. The minimum absolute atomic E-state index is 0.826. The lowest BCUT2D eigenvalue weighted by atomic mass is 10.4. The zero-order chi connectivity index (χ0) is 12.3. The zero-order valence-electron chi connectivity index (χ0n) is 10.4. The molecular formula is C11H17N5S. The van der Waals surface area contributed by atoms with E-state index in [9.17, 15) is 0 Å². The lowest BCUT2D eigenvalue weighted by molar-refractivity contribution is 0.658. The Labute approximate surface area is 105 Å². The van der Waals surface area contributed by atoms with Crippen molar-refractivity contribution in [3.05, 3.63) is 27.7 Å². The van der Waals surface area contributed by atoms with Crippen LogP contribution in [0.4, 0.5) is 0 Å². The molecule has 92 valence electrons. The minimum atomic E-state index is 0.826. The molecule has 17 heavy (non-hydrogen) atoms. The van der Waals surface area contributed by atoms with Crippen LogP contribution in [0.2, 0.25) is 0 Å². The monoisotopic (exact) mass is 251 g/mol. The Kier molecular flexibility index (Phi) is 3.86. The van der Waals surface area contributed by atoms with E-state index in [0.29, 0.717) is 0 Å². The normalized spacial score (nSPS) is 11.0. The smallest absolute Gasteiger partial charge is 0.151 e. The van der Waals surface area contributed by atoms with Gasteiger partial charge in [-0.2, -0.15) is 5.10 Å². The molecule has 0 fully saturated rings. The van der Waals surface area contributed by atoms with E-state index in [4.69, 9.17) is 0 Å². The Balaban J connectivity index is 1.73. The van der Waals surface area contributed by atoms with Crippen molar-refractivity contribution < 1.29 is 0 Å². The van der Waals surface area contributed by atoms with E-state index >= 15 is 0 Å². The molecule has 6 heteroatoms. The van der Waals surface area contributed by atoms with Crippen molar-refractivity contribution in [3.63, 3.8) is 0 Å². The van der Waals surface area contributed by atoms with Crippen LogP contribution in [0, 0.1) is 13.8 Å². The van der Waals surface area contributed by atoms with E-state index in [0.717, 1.165) is 36.0 Å². The highest BCUT2D eigenvalue weighted by atomic mass is 32.1. The molecule has 0 saturated carbocycles. The predicted octanol–water partition coefficient (Wildman–Crippen LogP) is 1.22. The summed E-state index contributed by atoms with van der Waals surface area (Å²) < 4.78 is 1.73. The summed E-state index contributed by atoms with van der Waals surface area (Å²) in [6, 6.07) is 0. The number of hydrogen-bond donors (Lipinski definition) is 1. The molecule has 0 aliphatic rings. The van der Waals surface area contributed by atoms with Crippen LogP contribution in [-0.4, -0.2) is 26.3 Å². The van der Waals surface area contributed by atoms with Gasteiger partial charge in [0.05, 0.1) is 5.69 Å². The number of aryl methyl sites for hydroxylation is 3. The largest absolute Gasteiger partial charge is 0.310 e. The summed E-state index contributed by atoms with van der Waals surface area (Å²) in [4.78, 5) is 9.96. The highest BCUT2D eigenvalue weighted by Gasteiger charge is 2.03. The quantitative estimate of drug-likeness (QED) is 0.812. The summed E-state index contributed by atoms with van der Waals surface area (Å²) in [7, 11) is 1.88. The van der Waals surface area contributed by atoms with Gasteiger partial charge in [-0.05, 0) is 13.8 Å². The van der Waals surface area contributed by atoms with Crippen LogP contribution in [0.25, 0.3) is 0 Å². The van der Waals surface area contributed by atoms with Gasteiger partial charge in [-0.15, -0.1) is 11.3 Å². The lowest BCUT2D eigenvalue weighted by Gasteiger charge is -1.99. The molecule has 2 rings (SSSR count). The fraction of sp³-hybridized carbons (Fsp3) is 0.545. The Morgan fingerprint density at radius 1 is 1.41 bits per heavy atom. The van der Waals surface area contributed by atoms with Crippen molar-refractivity contribution in [1.82, 2.24) is 25.1 Å². The van der Waals surface area contributed by atoms with E-state index in [1.165, 1.54) is 4.88 Å². The molecular weight excluding hydrogens is 234 g/mol. The van der Waals surface area contributed by atoms with E-state index in [1.54, 1.807) is 22.3 Å². The molecule has 1 N–H and O–H groups in total. The third-order valence-corrected chi connectivity index (χ3v) is 3.59. The standard InChI is InChI=1S/C11H17N5S/c1-8-9(2)17-11(14-8)6-12-5-4-10-13-7-16(3)15-10/h7,12H,4-6H2,1-3H3. The van der Waals surface area contributed by atoms with Crippen LogP contribution in [0.3, 0.4) is 0 Å². The Morgan fingerprint density at radius 2 is 2.24 bits per heavy atom. The van der Waals surface area contributed by atoms with Gasteiger partial charge in [0.1, 0.15) is 11.3 Å². The Morgan fingerprint density at radius 3 is 2.82 bits per heavy atom. The first-order valence-corrected chi connectivity index (χ1v) is 6.45. The molecule has 0 atom stereocenters. The second kappa shape index (κ2) is 5.37. The van der Waals surface area contributed by atoms with Crippen LogP contribution in [0.5, 0.6) is 0 Å². The van der Waals surface area contributed by atoms with E-state index in [1.807, 2.05) is 14.0 Å². The predicted molar refractivity (Wildman–Crippen MR) is 68.0 cm³/mol. The summed E-state index contributed by atoms with van der Waals surface area (Å²) in [5, 5.41) is 8.73. The maximum absolute atomic E-state index is 4.48. The van der Waals surface area contributed by atoms with Crippen molar-refractivity contribution >= 4 is 11.3 Å². The molecule has 0 unspecified atom stereocenters. The molecule has 5 nitrogen and oxygen atoms in total. The Bertz CT molecular complexity index is 468. The number of thiazole rings is 1. The number of rotatable bonds is 5. The minimum Gasteiger partial charge on any atom is -0.310 e. The fourth-order valence-corrected chi connectivity index (χ4v) is 2.41. The summed E-state index contributed by atoms with van der Waals surface area (Å²) in [6.45, 7) is 5.86. The van der Waals surface area contributed by atoms with Gasteiger partial charge in [-0.3, -0.25) is 4.68 Å². The van der Waals surface area contributed by atoms with Crippen molar-refractivity contribution in [2.24, 2.45) is 7.05 Å². The maximum Gasteiger partial charge on any atom is 0.151 e. The average Bonchev–Trinajstić information content (AvgIpc) is 2.82. The third-order valence-electron chi connectivity index (χ3n) is 2.52. The first-order valence-electron chi connectivity index (χ1n) is 5.63. The second-order valence-electron chi connectivity index (χ2n) is 4.01. The third kappa shape index (κ3) is 3.34. The van der Waals surface area contributed by atoms with E-state index in [-0.39, 0.29) is 0 Å². The molecule has 0 aliphatic heterocycles. The van der Waals surface area contributed by atoms with Gasteiger partial charge in [0, 0.05) is 31.4 Å². The van der Waals surface area contributed by atoms with Crippen LogP contribution in [0.1, 0.15) is 21.4 Å². The van der Waals surface area contributed by atoms with Gasteiger partial charge >= 0.3 is 0 Å². The van der Waals surface area contributed by atoms with Gasteiger partial charge in [-0.25, -0.2) is 9.97 Å².